The lowest BCUT2D eigenvalue weighted by atomic mass is 10.0. The van der Waals surface area contributed by atoms with Gasteiger partial charge in [-0.05, 0) is 103 Å². The van der Waals surface area contributed by atoms with E-state index in [1.54, 1.807) is 30.2 Å². The van der Waals surface area contributed by atoms with Crippen molar-refractivity contribution in [3.05, 3.63) is 53.6 Å². The Kier molecular flexibility index (Phi) is 15.3. The lowest BCUT2D eigenvalue weighted by molar-refractivity contribution is -0.116. The van der Waals surface area contributed by atoms with E-state index in [-0.39, 0.29) is 36.5 Å². The van der Waals surface area contributed by atoms with Crippen LogP contribution in [0, 0.1) is 5.92 Å². The number of nitrogens with one attached hydrogen (secondary N) is 1. The van der Waals surface area contributed by atoms with E-state index in [9.17, 15) is 14.7 Å². The molecule has 0 unspecified atom stereocenters. The van der Waals surface area contributed by atoms with Crippen molar-refractivity contribution in [2.45, 2.75) is 77.7 Å². The average Bonchev–Trinajstić information content (AvgIpc) is 3.02. The molecule has 1 aliphatic heterocycles. The van der Waals surface area contributed by atoms with Crippen molar-refractivity contribution >= 4 is 17.5 Å². The standard InChI is InChI=1S/C36H56N4O6/c1-26-22-40(27(2)25-41)36(43)32-21-30(37-35(42)12-10-19-38(4)5)15-18-33(32)46-28(3)11-8-9-20-45-34(26)24-39(6)23-29-13-16-31(44-7)17-14-29/h13-18,21,26-28,34,41H,8-12,19-20,22-25H2,1-7H3,(H,37,42)/t26-,27+,28-,34-/m0/s1. The lowest BCUT2D eigenvalue weighted by Crippen LogP contribution is -2.47. The Bertz CT molecular complexity index is 1220. The number of likely N-dealkylation sites (N-methyl/N-ethyl adjacent to an activating group) is 1. The molecule has 2 aromatic rings. The van der Waals surface area contributed by atoms with Crippen LogP contribution in [0.4, 0.5) is 5.69 Å². The van der Waals surface area contributed by atoms with Crippen molar-refractivity contribution in [2.75, 3.05) is 66.4 Å². The zero-order valence-electron chi connectivity index (χ0n) is 29.0. The van der Waals surface area contributed by atoms with Gasteiger partial charge in [-0.2, -0.15) is 0 Å². The Morgan fingerprint density at radius 3 is 2.54 bits per heavy atom. The average molecular weight is 641 g/mol. The lowest BCUT2D eigenvalue weighted by Gasteiger charge is -2.36. The van der Waals surface area contributed by atoms with Gasteiger partial charge in [-0.3, -0.25) is 14.5 Å². The van der Waals surface area contributed by atoms with Crippen molar-refractivity contribution < 1.29 is 28.9 Å². The van der Waals surface area contributed by atoms with Crippen LogP contribution in [-0.2, 0) is 16.1 Å². The third-order valence-corrected chi connectivity index (χ3v) is 8.45. The Hall–Kier alpha value is -3.18. The minimum absolute atomic E-state index is 0.0258. The second-order valence-corrected chi connectivity index (χ2v) is 13.0. The molecule has 2 N–H and O–H groups in total. The number of carbonyl (C=O) groups excluding carboxylic acids is 2. The molecule has 4 atom stereocenters. The Morgan fingerprint density at radius 2 is 1.87 bits per heavy atom. The van der Waals surface area contributed by atoms with E-state index in [1.165, 1.54) is 5.56 Å². The SMILES string of the molecule is COc1ccc(CN(C)C[C@@H]2OCCCC[C@H](C)Oc3ccc(NC(=O)CCCN(C)C)cc3C(=O)N([C@H](C)CO)C[C@@H]2C)cc1. The molecule has 0 fully saturated rings. The van der Waals surface area contributed by atoms with Crippen molar-refractivity contribution in [1.29, 1.82) is 0 Å². The quantitative estimate of drug-likeness (QED) is 0.338. The maximum absolute atomic E-state index is 14.3. The molecule has 256 valence electrons. The molecule has 10 heteroatoms. The zero-order valence-corrected chi connectivity index (χ0v) is 29.0. The molecule has 0 aromatic heterocycles. The predicted molar refractivity (Wildman–Crippen MR) is 183 cm³/mol. The maximum Gasteiger partial charge on any atom is 0.258 e. The topological polar surface area (TPSA) is 104 Å². The molecule has 1 aliphatic rings. The van der Waals surface area contributed by atoms with Crippen molar-refractivity contribution in [3.8, 4) is 11.5 Å². The second kappa shape index (κ2) is 18.8. The van der Waals surface area contributed by atoms with Gasteiger partial charge in [-0.25, -0.2) is 0 Å². The predicted octanol–water partition coefficient (Wildman–Crippen LogP) is 4.90. The Morgan fingerprint density at radius 1 is 1.13 bits per heavy atom. The molecule has 1 heterocycles. The maximum atomic E-state index is 14.3. The number of nitrogens with zero attached hydrogens (tertiary/aromatic N) is 3. The number of rotatable bonds is 12. The van der Waals surface area contributed by atoms with E-state index in [1.807, 2.05) is 45.0 Å². The molecular formula is C36H56N4O6. The van der Waals surface area contributed by atoms with Crippen LogP contribution in [0.2, 0.25) is 0 Å². The van der Waals surface area contributed by atoms with Gasteiger partial charge in [0.05, 0.1) is 37.5 Å². The molecule has 2 aromatic carbocycles. The normalized spacial score (nSPS) is 20.5. The van der Waals surface area contributed by atoms with Crippen LogP contribution in [0.25, 0.3) is 0 Å². The molecular weight excluding hydrogens is 584 g/mol. The van der Waals surface area contributed by atoms with E-state index >= 15 is 0 Å². The van der Waals surface area contributed by atoms with E-state index in [0.29, 0.717) is 43.1 Å². The molecule has 0 saturated heterocycles. The highest BCUT2D eigenvalue weighted by atomic mass is 16.5. The van der Waals surface area contributed by atoms with E-state index in [2.05, 4.69) is 36.3 Å². The molecule has 0 spiro atoms. The van der Waals surface area contributed by atoms with Crippen LogP contribution >= 0.6 is 0 Å². The third-order valence-electron chi connectivity index (χ3n) is 8.45. The molecule has 2 amide bonds. The van der Waals surface area contributed by atoms with Gasteiger partial charge in [0.15, 0.2) is 0 Å². The van der Waals surface area contributed by atoms with Crippen molar-refractivity contribution in [2.24, 2.45) is 5.92 Å². The molecule has 46 heavy (non-hydrogen) atoms. The number of benzene rings is 2. The number of methoxy groups -OCH3 is 1. The van der Waals surface area contributed by atoms with Crippen LogP contribution in [0.3, 0.4) is 0 Å². The number of anilines is 1. The summed E-state index contributed by atoms with van der Waals surface area (Å²) in [7, 11) is 7.70. The molecule has 0 radical (unpaired) electrons. The van der Waals surface area contributed by atoms with E-state index in [0.717, 1.165) is 44.5 Å². The van der Waals surface area contributed by atoms with Crippen LogP contribution in [0.5, 0.6) is 11.5 Å². The molecule has 0 aliphatic carbocycles. The first-order valence-corrected chi connectivity index (χ1v) is 16.6. The summed E-state index contributed by atoms with van der Waals surface area (Å²) in [6, 6.07) is 12.9. The largest absolute Gasteiger partial charge is 0.497 e. The minimum atomic E-state index is -0.435. The van der Waals surface area contributed by atoms with E-state index < -0.39 is 6.04 Å². The number of hydrogen-bond acceptors (Lipinski definition) is 8. The van der Waals surface area contributed by atoms with Crippen molar-refractivity contribution in [3.63, 3.8) is 0 Å². The highest BCUT2D eigenvalue weighted by Gasteiger charge is 2.30. The number of hydrogen-bond donors (Lipinski definition) is 2. The van der Waals surface area contributed by atoms with Gasteiger partial charge >= 0.3 is 0 Å². The highest BCUT2D eigenvalue weighted by molar-refractivity contribution is 5.99. The van der Waals surface area contributed by atoms with Crippen molar-refractivity contribution in [1.82, 2.24) is 14.7 Å². The monoisotopic (exact) mass is 640 g/mol. The van der Waals surface area contributed by atoms with Gasteiger partial charge in [-0.15, -0.1) is 0 Å². The summed E-state index contributed by atoms with van der Waals surface area (Å²) in [4.78, 5) is 33.0. The molecule has 0 bridgehead atoms. The van der Waals surface area contributed by atoms with Crippen LogP contribution in [0.1, 0.15) is 68.8 Å². The fraction of sp³-hybridized carbons (Fsp3) is 0.611. The number of fused-ring (bicyclic) bond motifs is 1. The summed E-state index contributed by atoms with van der Waals surface area (Å²) in [6.45, 7) is 9.03. The van der Waals surface area contributed by atoms with Crippen LogP contribution in [0.15, 0.2) is 42.5 Å². The first-order chi connectivity index (χ1) is 22.0. The van der Waals surface area contributed by atoms with Gasteiger partial charge < -0.3 is 34.4 Å². The number of carbonyl (C=O) groups is 2. The van der Waals surface area contributed by atoms with Crippen LogP contribution < -0.4 is 14.8 Å². The van der Waals surface area contributed by atoms with Gasteiger partial charge in [0, 0.05) is 44.3 Å². The Labute approximate surface area is 276 Å². The Balaban J connectivity index is 1.85. The zero-order chi connectivity index (χ0) is 33.6. The smallest absolute Gasteiger partial charge is 0.258 e. The summed E-state index contributed by atoms with van der Waals surface area (Å²) in [5, 5.41) is 13.2. The number of amides is 2. The summed E-state index contributed by atoms with van der Waals surface area (Å²) in [6.07, 6.45) is 3.53. The summed E-state index contributed by atoms with van der Waals surface area (Å²) in [5.41, 5.74) is 2.09. The summed E-state index contributed by atoms with van der Waals surface area (Å²) < 4.78 is 18.1. The van der Waals surface area contributed by atoms with Gasteiger partial charge in [0.25, 0.3) is 5.91 Å². The second-order valence-electron chi connectivity index (χ2n) is 13.0. The summed E-state index contributed by atoms with van der Waals surface area (Å²) >= 11 is 0. The fourth-order valence-electron chi connectivity index (χ4n) is 5.66. The van der Waals surface area contributed by atoms with Gasteiger partial charge in [0.1, 0.15) is 11.5 Å². The van der Waals surface area contributed by atoms with E-state index in [4.69, 9.17) is 14.2 Å². The molecule has 0 saturated carbocycles. The van der Waals surface area contributed by atoms with Crippen LogP contribution in [-0.4, -0.2) is 111 Å². The van der Waals surface area contributed by atoms with Gasteiger partial charge in [-0.1, -0.05) is 19.1 Å². The first kappa shape index (κ1) is 37.3. The minimum Gasteiger partial charge on any atom is -0.497 e. The summed E-state index contributed by atoms with van der Waals surface area (Å²) in [5.74, 6) is 0.934. The van der Waals surface area contributed by atoms with Gasteiger partial charge in [0.2, 0.25) is 5.91 Å². The highest BCUT2D eigenvalue weighted by Crippen LogP contribution is 2.29. The number of aliphatic hydroxyl groups is 1. The number of ether oxygens (including phenoxy) is 3. The molecule has 3 rings (SSSR count). The third kappa shape index (κ3) is 11.9. The fourth-order valence-corrected chi connectivity index (χ4v) is 5.66. The first-order valence-electron chi connectivity index (χ1n) is 16.6. The number of aliphatic hydroxyl groups excluding tert-OH is 1. The molecule has 10 nitrogen and oxygen atoms in total.